The van der Waals surface area contributed by atoms with Crippen LogP contribution in [0.1, 0.15) is 68.6 Å². The van der Waals surface area contributed by atoms with Crippen LogP contribution in [0.3, 0.4) is 0 Å². The summed E-state index contributed by atoms with van der Waals surface area (Å²) in [6, 6.07) is 3.59. The van der Waals surface area contributed by atoms with E-state index in [1.54, 1.807) is 6.07 Å². The average Bonchev–Trinajstić information content (AvgIpc) is 2.73. The van der Waals surface area contributed by atoms with Crippen molar-refractivity contribution in [2.24, 2.45) is 17.3 Å². The van der Waals surface area contributed by atoms with Crippen molar-refractivity contribution >= 4 is 0 Å². The molecule has 0 aliphatic heterocycles. The number of benzene rings is 1. The maximum absolute atomic E-state index is 14.6. The summed E-state index contributed by atoms with van der Waals surface area (Å²) in [4.78, 5) is 0. The fraction of sp³-hybridized carbons (Fsp3) is 0.700. The van der Waals surface area contributed by atoms with Gasteiger partial charge in [0.1, 0.15) is 5.82 Å². The van der Waals surface area contributed by atoms with Gasteiger partial charge in [0.2, 0.25) is 0 Å². The molecule has 2 heteroatoms. The Balaban J connectivity index is 1.77. The first-order chi connectivity index (χ1) is 10.3. The molecular weight excluding hydrogens is 275 g/mol. The zero-order valence-electron chi connectivity index (χ0n) is 14.0. The van der Waals surface area contributed by atoms with Gasteiger partial charge in [-0.25, -0.2) is 4.39 Å². The number of aliphatic hydroxyl groups is 1. The van der Waals surface area contributed by atoms with E-state index in [1.807, 2.05) is 13.0 Å². The Bertz CT molecular complexity index is 620. The zero-order valence-corrected chi connectivity index (χ0v) is 14.0. The second-order valence-electron chi connectivity index (χ2n) is 8.44. The topological polar surface area (TPSA) is 20.2 Å². The van der Waals surface area contributed by atoms with Gasteiger partial charge in [-0.05, 0) is 98.3 Å². The molecule has 1 aromatic rings. The standard InChI is InChI=1S/C20H27FO/c1-12-4-7-17(21)18-13(12)5-6-14-15(18)8-10-19(2)16(14)9-11-20(19,3)22/h4,7,14-16,22H,5-6,8-11H2,1-3H3/t14-,15+,16+,19+,20+/m1/s1. The molecule has 5 atom stereocenters. The summed E-state index contributed by atoms with van der Waals surface area (Å²) >= 11 is 0. The van der Waals surface area contributed by atoms with E-state index in [0.717, 1.165) is 44.1 Å². The Hall–Kier alpha value is -0.890. The number of hydrogen-bond acceptors (Lipinski definition) is 1. The van der Waals surface area contributed by atoms with Crippen LogP contribution in [0.15, 0.2) is 12.1 Å². The van der Waals surface area contributed by atoms with E-state index in [-0.39, 0.29) is 11.2 Å². The lowest BCUT2D eigenvalue weighted by atomic mass is 9.53. The molecule has 0 saturated heterocycles. The molecule has 0 heterocycles. The molecule has 2 fully saturated rings. The molecule has 0 unspecified atom stereocenters. The van der Waals surface area contributed by atoms with E-state index in [4.69, 9.17) is 0 Å². The van der Waals surface area contributed by atoms with Gasteiger partial charge in [0, 0.05) is 0 Å². The monoisotopic (exact) mass is 302 g/mol. The summed E-state index contributed by atoms with van der Waals surface area (Å²) in [6.45, 7) is 6.42. The molecular formula is C20H27FO. The minimum Gasteiger partial charge on any atom is -0.390 e. The highest BCUT2D eigenvalue weighted by atomic mass is 19.1. The van der Waals surface area contributed by atoms with Crippen molar-refractivity contribution in [2.45, 2.75) is 70.8 Å². The van der Waals surface area contributed by atoms with Crippen molar-refractivity contribution in [1.29, 1.82) is 0 Å². The minimum atomic E-state index is -0.548. The van der Waals surface area contributed by atoms with Crippen molar-refractivity contribution in [3.05, 3.63) is 34.6 Å². The Morgan fingerprint density at radius 3 is 2.68 bits per heavy atom. The highest BCUT2D eigenvalue weighted by Crippen LogP contribution is 2.64. The molecule has 0 bridgehead atoms. The first-order valence-corrected chi connectivity index (χ1v) is 8.85. The van der Waals surface area contributed by atoms with Gasteiger partial charge < -0.3 is 5.11 Å². The number of fused-ring (bicyclic) bond motifs is 5. The van der Waals surface area contributed by atoms with E-state index in [9.17, 15) is 9.50 Å². The molecule has 3 aliphatic rings. The molecule has 0 amide bonds. The summed E-state index contributed by atoms with van der Waals surface area (Å²) in [5, 5.41) is 10.9. The smallest absolute Gasteiger partial charge is 0.126 e. The highest BCUT2D eigenvalue weighted by Gasteiger charge is 2.59. The quantitative estimate of drug-likeness (QED) is 0.734. The summed E-state index contributed by atoms with van der Waals surface area (Å²) in [5.41, 5.74) is 3.01. The van der Waals surface area contributed by atoms with Gasteiger partial charge in [0.15, 0.2) is 0 Å². The van der Waals surface area contributed by atoms with E-state index in [0.29, 0.717) is 17.8 Å². The largest absolute Gasteiger partial charge is 0.390 e. The SMILES string of the molecule is Cc1ccc(F)c2c1CC[C@@H]1[C@@H]2CC[C@@]2(C)[C@H]1CC[C@]2(C)O. The van der Waals surface area contributed by atoms with Crippen LogP contribution in [0.5, 0.6) is 0 Å². The van der Waals surface area contributed by atoms with Crippen molar-refractivity contribution in [1.82, 2.24) is 0 Å². The van der Waals surface area contributed by atoms with Crippen LogP contribution < -0.4 is 0 Å². The number of rotatable bonds is 0. The summed E-state index contributed by atoms with van der Waals surface area (Å²) in [5.74, 6) is 1.48. The Labute approximate surface area is 132 Å². The Morgan fingerprint density at radius 1 is 1.14 bits per heavy atom. The third-order valence-corrected chi connectivity index (χ3v) is 7.64. The van der Waals surface area contributed by atoms with E-state index in [1.165, 1.54) is 11.1 Å². The molecule has 1 aromatic carbocycles. The van der Waals surface area contributed by atoms with Gasteiger partial charge in [-0.2, -0.15) is 0 Å². The molecule has 22 heavy (non-hydrogen) atoms. The lowest BCUT2D eigenvalue weighted by molar-refractivity contribution is -0.0904. The second kappa shape index (κ2) is 4.56. The number of hydrogen-bond donors (Lipinski definition) is 1. The summed E-state index contributed by atoms with van der Waals surface area (Å²) in [7, 11) is 0. The van der Waals surface area contributed by atoms with Crippen LogP contribution in [0.4, 0.5) is 4.39 Å². The lowest BCUT2D eigenvalue weighted by Gasteiger charge is -2.52. The van der Waals surface area contributed by atoms with Crippen molar-refractivity contribution in [2.75, 3.05) is 0 Å². The molecule has 0 aromatic heterocycles. The van der Waals surface area contributed by atoms with E-state index in [2.05, 4.69) is 13.8 Å². The van der Waals surface area contributed by atoms with Crippen LogP contribution in [0.2, 0.25) is 0 Å². The predicted molar refractivity (Wildman–Crippen MR) is 86.4 cm³/mol. The minimum absolute atomic E-state index is 0.00339. The zero-order chi connectivity index (χ0) is 15.7. The molecule has 1 N–H and O–H groups in total. The Kier molecular flexibility index (Phi) is 3.05. The summed E-state index contributed by atoms with van der Waals surface area (Å²) in [6.07, 6.45) is 6.24. The normalized spacial score (nSPS) is 43.4. The van der Waals surface area contributed by atoms with Crippen LogP contribution >= 0.6 is 0 Å². The maximum atomic E-state index is 14.6. The van der Waals surface area contributed by atoms with Crippen LogP contribution in [0.25, 0.3) is 0 Å². The van der Waals surface area contributed by atoms with Gasteiger partial charge in [0.05, 0.1) is 5.60 Å². The van der Waals surface area contributed by atoms with Crippen molar-refractivity contribution in [3.8, 4) is 0 Å². The third kappa shape index (κ3) is 1.73. The molecule has 3 aliphatic carbocycles. The van der Waals surface area contributed by atoms with E-state index >= 15 is 0 Å². The first-order valence-electron chi connectivity index (χ1n) is 8.85. The van der Waals surface area contributed by atoms with Gasteiger partial charge >= 0.3 is 0 Å². The third-order valence-electron chi connectivity index (χ3n) is 7.64. The first kappa shape index (κ1) is 14.7. The van der Waals surface area contributed by atoms with Gasteiger partial charge in [-0.3, -0.25) is 0 Å². The summed E-state index contributed by atoms with van der Waals surface area (Å²) < 4.78 is 14.6. The van der Waals surface area contributed by atoms with Crippen LogP contribution in [-0.4, -0.2) is 10.7 Å². The fourth-order valence-corrected chi connectivity index (χ4v) is 6.08. The van der Waals surface area contributed by atoms with Crippen molar-refractivity contribution in [3.63, 3.8) is 0 Å². The van der Waals surface area contributed by atoms with Crippen LogP contribution in [-0.2, 0) is 6.42 Å². The molecule has 0 radical (unpaired) electrons. The van der Waals surface area contributed by atoms with Crippen LogP contribution in [0, 0.1) is 30.0 Å². The Morgan fingerprint density at radius 2 is 1.91 bits per heavy atom. The predicted octanol–water partition coefficient (Wildman–Crippen LogP) is 4.74. The highest BCUT2D eigenvalue weighted by molar-refractivity contribution is 5.41. The van der Waals surface area contributed by atoms with E-state index < -0.39 is 5.60 Å². The number of halogens is 1. The molecule has 0 spiro atoms. The lowest BCUT2D eigenvalue weighted by Crippen LogP contribution is -2.49. The second-order valence-corrected chi connectivity index (χ2v) is 8.44. The average molecular weight is 302 g/mol. The van der Waals surface area contributed by atoms with Gasteiger partial charge in [-0.1, -0.05) is 13.0 Å². The number of aryl methyl sites for hydroxylation is 1. The maximum Gasteiger partial charge on any atom is 0.126 e. The molecule has 2 saturated carbocycles. The molecule has 120 valence electrons. The molecule has 1 nitrogen and oxygen atoms in total. The van der Waals surface area contributed by atoms with Gasteiger partial charge in [0.25, 0.3) is 0 Å². The fourth-order valence-electron chi connectivity index (χ4n) is 6.08. The van der Waals surface area contributed by atoms with Gasteiger partial charge in [-0.15, -0.1) is 0 Å². The van der Waals surface area contributed by atoms with Crippen molar-refractivity contribution < 1.29 is 9.50 Å². The molecule has 4 rings (SSSR count).